The highest BCUT2D eigenvalue weighted by Crippen LogP contribution is 2.32. The molecule has 2 aromatic heterocycles. The number of piperidine rings is 1. The summed E-state index contributed by atoms with van der Waals surface area (Å²) in [7, 11) is 0. The summed E-state index contributed by atoms with van der Waals surface area (Å²) in [5.74, 6) is 0.731. The Labute approximate surface area is 155 Å². The predicted molar refractivity (Wildman–Crippen MR) is 104 cm³/mol. The number of aryl methyl sites for hydroxylation is 1. The Morgan fingerprint density at radius 1 is 1.12 bits per heavy atom. The van der Waals surface area contributed by atoms with E-state index in [0.29, 0.717) is 0 Å². The van der Waals surface area contributed by atoms with Crippen molar-refractivity contribution in [2.75, 3.05) is 13.1 Å². The topological polar surface area (TPSA) is 44.8 Å². The summed E-state index contributed by atoms with van der Waals surface area (Å²) < 4.78 is 0. The number of aromatic nitrogens is 3. The quantitative estimate of drug-likeness (QED) is 0.754. The molecule has 3 heterocycles. The molecule has 1 aromatic carbocycles. The fourth-order valence-electron chi connectivity index (χ4n) is 3.98. The van der Waals surface area contributed by atoms with E-state index in [1.807, 2.05) is 18.5 Å². The second-order valence-electron chi connectivity index (χ2n) is 7.33. The molecule has 1 saturated heterocycles. The molecule has 0 spiro atoms. The molecule has 1 fully saturated rings. The van der Waals surface area contributed by atoms with Crippen LogP contribution in [-0.4, -0.2) is 32.9 Å². The van der Waals surface area contributed by atoms with Crippen molar-refractivity contribution in [1.82, 2.24) is 19.9 Å². The normalized spacial score (nSPS) is 17.3. The summed E-state index contributed by atoms with van der Waals surface area (Å²) in [4.78, 5) is 14.7. The van der Waals surface area contributed by atoms with Crippen LogP contribution in [0.2, 0.25) is 0 Å². The monoisotopic (exact) mass is 346 g/mol. The Bertz CT molecular complexity index is 788. The SMILES string of the molecule is Cc1ccc(C(c2ccccn2)N2CCC(Cc3cnc[nH]3)CC2)cc1. The number of hydrogen-bond acceptors (Lipinski definition) is 3. The molecule has 3 aromatic rings. The highest BCUT2D eigenvalue weighted by atomic mass is 15.2. The largest absolute Gasteiger partial charge is 0.348 e. The number of H-pyrrole nitrogens is 1. The number of pyridine rings is 1. The first-order valence-corrected chi connectivity index (χ1v) is 9.48. The lowest BCUT2D eigenvalue weighted by atomic mass is 9.90. The van der Waals surface area contributed by atoms with Crippen LogP contribution >= 0.6 is 0 Å². The smallest absolute Gasteiger partial charge is 0.0921 e. The van der Waals surface area contributed by atoms with Crippen LogP contribution in [0.4, 0.5) is 0 Å². The molecule has 4 nitrogen and oxygen atoms in total. The Balaban J connectivity index is 1.51. The lowest BCUT2D eigenvalue weighted by Crippen LogP contribution is -2.38. The molecular weight excluding hydrogens is 320 g/mol. The van der Waals surface area contributed by atoms with Crippen LogP contribution in [0.3, 0.4) is 0 Å². The lowest BCUT2D eigenvalue weighted by molar-refractivity contribution is 0.148. The van der Waals surface area contributed by atoms with Crippen molar-refractivity contribution in [3.05, 3.63) is 83.7 Å². The van der Waals surface area contributed by atoms with Crippen molar-refractivity contribution in [3.8, 4) is 0 Å². The van der Waals surface area contributed by atoms with E-state index in [9.17, 15) is 0 Å². The van der Waals surface area contributed by atoms with Gasteiger partial charge in [-0.3, -0.25) is 9.88 Å². The molecule has 1 atom stereocenters. The third-order valence-corrected chi connectivity index (χ3v) is 5.44. The zero-order valence-corrected chi connectivity index (χ0v) is 15.3. The minimum absolute atomic E-state index is 0.241. The van der Waals surface area contributed by atoms with Crippen LogP contribution in [0.1, 0.15) is 41.4 Å². The van der Waals surface area contributed by atoms with E-state index in [4.69, 9.17) is 0 Å². The Hall–Kier alpha value is -2.46. The molecule has 26 heavy (non-hydrogen) atoms. The molecule has 0 amide bonds. The summed E-state index contributed by atoms with van der Waals surface area (Å²) in [5.41, 5.74) is 5.03. The molecule has 1 aliphatic rings. The van der Waals surface area contributed by atoms with E-state index in [0.717, 1.165) is 31.1 Å². The summed E-state index contributed by atoms with van der Waals surface area (Å²) in [6.45, 7) is 4.35. The molecule has 4 rings (SSSR count). The molecular formula is C22H26N4. The van der Waals surface area contributed by atoms with E-state index in [1.54, 1.807) is 6.33 Å². The number of imidazole rings is 1. The van der Waals surface area contributed by atoms with Crippen molar-refractivity contribution < 1.29 is 0 Å². The molecule has 0 saturated carbocycles. The first kappa shape index (κ1) is 17.0. The van der Waals surface area contributed by atoms with Gasteiger partial charge in [-0.15, -0.1) is 0 Å². The molecule has 0 aliphatic carbocycles. The minimum Gasteiger partial charge on any atom is -0.348 e. The fourth-order valence-corrected chi connectivity index (χ4v) is 3.98. The van der Waals surface area contributed by atoms with E-state index < -0.39 is 0 Å². The van der Waals surface area contributed by atoms with Crippen LogP contribution in [0, 0.1) is 12.8 Å². The number of benzene rings is 1. The van der Waals surface area contributed by atoms with Crippen molar-refractivity contribution >= 4 is 0 Å². The molecule has 4 heteroatoms. The highest BCUT2D eigenvalue weighted by Gasteiger charge is 2.28. The van der Waals surface area contributed by atoms with Gasteiger partial charge in [-0.05, 0) is 62.9 Å². The number of hydrogen-bond donors (Lipinski definition) is 1. The Morgan fingerprint density at radius 3 is 2.58 bits per heavy atom. The molecule has 0 radical (unpaired) electrons. The highest BCUT2D eigenvalue weighted by molar-refractivity contribution is 5.30. The second kappa shape index (κ2) is 7.83. The van der Waals surface area contributed by atoms with Crippen LogP contribution in [0.25, 0.3) is 0 Å². The molecule has 1 N–H and O–H groups in total. The zero-order valence-electron chi connectivity index (χ0n) is 15.3. The van der Waals surface area contributed by atoms with E-state index in [1.165, 1.54) is 29.7 Å². The number of nitrogens with zero attached hydrogens (tertiary/aromatic N) is 3. The maximum Gasteiger partial charge on any atom is 0.0921 e. The summed E-state index contributed by atoms with van der Waals surface area (Å²) in [6.07, 6.45) is 9.17. The van der Waals surface area contributed by atoms with Crippen LogP contribution in [0.5, 0.6) is 0 Å². The minimum atomic E-state index is 0.241. The maximum absolute atomic E-state index is 4.68. The summed E-state index contributed by atoms with van der Waals surface area (Å²) >= 11 is 0. The van der Waals surface area contributed by atoms with Crippen molar-refractivity contribution in [2.45, 2.75) is 32.2 Å². The molecule has 0 bridgehead atoms. The third-order valence-electron chi connectivity index (χ3n) is 5.44. The van der Waals surface area contributed by atoms with Crippen molar-refractivity contribution in [2.24, 2.45) is 5.92 Å². The average molecular weight is 346 g/mol. The van der Waals surface area contributed by atoms with Crippen LogP contribution in [0.15, 0.2) is 61.2 Å². The van der Waals surface area contributed by atoms with Crippen LogP contribution < -0.4 is 0 Å². The molecule has 134 valence electrons. The van der Waals surface area contributed by atoms with Gasteiger partial charge in [-0.2, -0.15) is 0 Å². The van der Waals surface area contributed by atoms with Crippen LogP contribution in [-0.2, 0) is 6.42 Å². The van der Waals surface area contributed by atoms with Gasteiger partial charge in [0.05, 0.1) is 18.1 Å². The van der Waals surface area contributed by atoms with Gasteiger partial charge in [0.1, 0.15) is 0 Å². The van der Waals surface area contributed by atoms with Gasteiger partial charge in [0.15, 0.2) is 0 Å². The Kier molecular flexibility index (Phi) is 5.12. The van der Waals surface area contributed by atoms with E-state index >= 15 is 0 Å². The third kappa shape index (κ3) is 3.86. The van der Waals surface area contributed by atoms with Gasteiger partial charge < -0.3 is 4.98 Å². The van der Waals surface area contributed by atoms with E-state index in [2.05, 4.69) is 63.2 Å². The summed E-state index contributed by atoms with van der Waals surface area (Å²) in [6, 6.07) is 15.4. The standard InChI is InChI=1S/C22H26N4/c1-17-5-7-19(8-6-17)22(21-4-2-3-11-24-21)26-12-9-18(10-13-26)14-20-15-23-16-25-20/h2-8,11,15-16,18,22H,9-10,12-14H2,1H3,(H,23,25). The van der Waals surface area contributed by atoms with Gasteiger partial charge in [0.25, 0.3) is 0 Å². The molecule has 1 unspecified atom stereocenters. The number of likely N-dealkylation sites (tertiary alicyclic amines) is 1. The lowest BCUT2D eigenvalue weighted by Gasteiger charge is -2.37. The van der Waals surface area contributed by atoms with Gasteiger partial charge in [-0.25, -0.2) is 4.98 Å². The average Bonchev–Trinajstić information content (AvgIpc) is 3.19. The van der Waals surface area contributed by atoms with Crippen molar-refractivity contribution in [3.63, 3.8) is 0 Å². The van der Waals surface area contributed by atoms with Crippen molar-refractivity contribution in [1.29, 1.82) is 0 Å². The maximum atomic E-state index is 4.68. The summed E-state index contributed by atoms with van der Waals surface area (Å²) in [5, 5.41) is 0. The molecule has 1 aliphatic heterocycles. The van der Waals surface area contributed by atoms with Gasteiger partial charge in [0.2, 0.25) is 0 Å². The van der Waals surface area contributed by atoms with Gasteiger partial charge in [-0.1, -0.05) is 35.9 Å². The number of aromatic amines is 1. The first-order chi connectivity index (χ1) is 12.8. The van der Waals surface area contributed by atoms with Gasteiger partial charge in [0, 0.05) is 18.1 Å². The van der Waals surface area contributed by atoms with Gasteiger partial charge >= 0.3 is 0 Å². The van der Waals surface area contributed by atoms with E-state index in [-0.39, 0.29) is 6.04 Å². The number of nitrogens with one attached hydrogen (secondary N) is 1. The first-order valence-electron chi connectivity index (χ1n) is 9.48. The zero-order chi connectivity index (χ0) is 17.8. The predicted octanol–water partition coefficient (Wildman–Crippen LogP) is 4.16. The number of rotatable bonds is 5. The Morgan fingerprint density at radius 2 is 1.92 bits per heavy atom. The fraction of sp³-hybridized carbons (Fsp3) is 0.364. The second-order valence-corrected chi connectivity index (χ2v) is 7.33.